The van der Waals surface area contributed by atoms with Gasteiger partial charge in [0.1, 0.15) is 11.1 Å². The Labute approximate surface area is 151 Å². The van der Waals surface area contributed by atoms with Gasteiger partial charge in [-0.2, -0.15) is 8.42 Å². The first-order valence-electron chi connectivity index (χ1n) is 8.22. The molecule has 26 heavy (non-hydrogen) atoms. The molecule has 2 heterocycles. The molecule has 0 saturated carbocycles. The second-order valence-electron chi connectivity index (χ2n) is 6.16. The quantitative estimate of drug-likeness (QED) is 0.484. The van der Waals surface area contributed by atoms with E-state index in [2.05, 4.69) is 10.3 Å². The van der Waals surface area contributed by atoms with E-state index in [1.807, 2.05) is 6.92 Å². The lowest BCUT2D eigenvalue weighted by molar-refractivity contribution is -0.385. The van der Waals surface area contributed by atoms with E-state index >= 15 is 0 Å². The molecule has 1 aliphatic heterocycles. The third kappa shape index (κ3) is 4.06. The molecule has 0 bridgehead atoms. The zero-order chi connectivity index (χ0) is 18.7. The van der Waals surface area contributed by atoms with E-state index in [-0.39, 0.29) is 16.7 Å². The lowest BCUT2D eigenvalue weighted by Crippen LogP contribution is -2.33. The van der Waals surface area contributed by atoms with Crippen LogP contribution in [0.1, 0.15) is 18.4 Å². The Morgan fingerprint density at radius 2 is 1.96 bits per heavy atom. The standard InChI is InChI=1S/C17H19N3O5S/c1-12-2-5-17(26(23,24)25-14-6-8-18-9-7-14)15(10-12)16-4-3-13(11-19-16)20(21)22/h2-5,10-11,14,18H,6-9H2,1H3. The Bertz CT molecular complexity index is 906. The summed E-state index contributed by atoms with van der Waals surface area (Å²) in [6.45, 7) is 3.26. The van der Waals surface area contributed by atoms with E-state index in [1.54, 1.807) is 12.1 Å². The van der Waals surface area contributed by atoms with Crippen LogP contribution in [0.2, 0.25) is 0 Å². The summed E-state index contributed by atoms with van der Waals surface area (Å²) in [6, 6.07) is 7.61. The van der Waals surface area contributed by atoms with Crippen molar-refractivity contribution in [3.8, 4) is 11.3 Å². The van der Waals surface area contributed by atoms with Gasteiger partial charge in [-0.05, 0) is 51.1 Å². The molecule has 3 rings (SSSR count). The van der Waals surface area contributed by atoms with Crippen molar-refractivity contribution in [3.63, 3.8) is 0 Å². The molecule has 1 aliphatic rings. The second-order valence-corrected chi connectivity index (χ2v) is 7.70. The van der Waals surface area contributed by atoms with Crippen molar-refractivity contribution in [1.82, 2.24) is 10.3 Å². The summed E-state index contributed by atoms with van der Waals surface area (Å²) in [5.41, 5.74) is 1.40. The number of aryl methyl sites for hydroxylation is 1. The minimum Gasteiger partial charge on any atom is -0.317 e. The van der Waals surface area contributed by atoms with Crippen LogP contribution < -0.4 is 5.32 Å². The number of nitrogens with zero attached hydrogens (tertiary/aromatic N) is 2. The molecule has 0 unspecified atom stereocenters. The van der Waals surface area contributed by atoms with Crippen LogP contribution in [0.15, 0.2) is 41.4 Å². The highest BCUT2D eigenvalue weighted by atomic mass is 32.2. The van der Waals surface area contributed by atoms with Gasteiger partial charge in [-0.3, -0.25) is 14.3 Å². The fourth-order valence-electron chi connectivity index (χ4n) is 2.84. The van der Waals surface area contributed by atoms with Crippen molar-refractivity contribution < 1.29 is 17.5 Å². The number of pyridine rings is 1. The van der Waals surface area contributed by atoms with E-state index in [1.165, 1.54) is 18.2 Å². The van der Waals surface area contributed by atoms with Crippen LogP contribution in [0.25, 0.3) is 11.3 Å². The average molecular weight is 377 g/mol. The molecule has 1 aromatic carbocycles. The van der Waals surface area contributed by atoms with Crippen molar-refractivity contribution in [2.45, 2.75) is 30.8 Å². The molecule has 9 heteroatoms. The van der Waals surface area contributed by atoms with E-state index < -0.39 is 15.0 Å². The first-order valence-corrected chi connectivity index (χ1v) is 9.63. The molecule has 0 spiro atoms. The van der Waals surface area contributed by atoms with Crippen LogP contribution in [-0.4, -0.2) is 37.5 Å². The maximum Gasteiger partial charge on any atom is 0.297 e. The highest BCUT2D eigenvalue weighted by Gasteiger charge is 2.26. The minimum absolute atomic E-state index is 0.0167. The van der Waals surface area contributed by atoms with Crippen LogP contribution in [-0.2, 0) is 14.3 Å². The van der Waals surface area contributed by atoms with Gasteiger partial charge in [-0.15, -0.1) is 0 Å². The molecule has 0 atom stereocenters. The van der Waals surface area contributed by atoms with Crippen LogP contribution in [0, 0.1) is 17.0 Å². The third-order valence-corrected chi connectivity index (χ3v) is 5.61. The molecule has 1 fully saturated rings. The average Bonchev–Trinajstić information content (AvgIpc) is 2.62. The number of nitrogens with one attached hydrogen (secondary N) is 1. The topological polar surface area (TPSA) is 111 Å². The second kappa shape index (κ2) is 7.48. The smallest absolute Gasteiger partial charge is 0.297 e. The highest BCUT2D eigenvalue weighted by Crippen LogP contribution is 2.30. The molecule has 1 N–H and O–H groups in total. The Hall–Kier alpha value is -2.36. The normalized spacial score (nSPS) is 15.7. The number of hydrogen-bond acceptors (Lipinski definition) is 7. The van der Waals surface area contributed by atoms with Gasteiger partial charge in [0.25, 0.3) is 15.8 Å². The van der Waals surface area contributed by atoms with E-state index in [0.717, 1.165) is 11.8 Å². The van der Waals surface area contributed by atoms with E-state index in [9.17, 15) is 18.5 Å². The van der Waals surface area contributed by atoms with Gasteiger partial charge in [0.2, 0.25) is 0 Å². The molecule has 138 valence electrons. The highest BCUT2D eigenvalue weighted by molar-refractivity contribution is 7.87. The Kier molecular flexibility index (Phi) is 5.30. The predicted octanol–water partition coefficient (Wildman–Crippen LogP) is 2.42. The van der Waals surface area contributed by atoms with Gasteiger partial charge in [0, 0.05) is 11.6 Å². The van der Waals surface area contributed by atoms with Crippen LogP contribution in [0.4, 0.5) is 5.69 Å². The molecule has 8 nitrogen and oxygen atoms in total. The molecule has 2 aromatic rings. The van der Waals surface area contributed by atoms with Crippen LogP contribution in [0.5, 0.6) is 0 Å². The first kappa shape index (κ1) is 18.4. The van der Waals surface area contributed by atoms with Gasteiger partial charge < -0.3 is 5.32 Å². The van der Waals surface area contributed by atoms with Gasteiger partial charge in [-0.1, -0.05) is 11.6 Å². The van der Waals surface area contributed by atoms with Crippen LogP contribution in [0.3, 0.4) is 0 Å². The number of hydrogen-bond donors (Lipinski definition) is 1. The number of piperidine rings is 1. The summed E-state index contributed by atoms with van der Waals surface area (Å²) in [5.74, 6) is 0. The summed E-state index contributed by atoms with van der Waals surface area (Å²) >= 11 is 0. The van der Waals surface area contributed by atoms with E-state index in [4.69, 9.17) is 4.18 Å². The Morgan fingerprint density at radius 3 is 2.58 bits per heavy atom. The zero-order valence-corrected chi connectivity index (χ0v) is 15.0. The van der Waals surface area contributed by atoms with Crippen molar-refractivity contribution in [2.75, 3.05) is 13.1 Å². The Balaban J connectivity index is 1.98. The number of aromatic nitrogens is 1. The maximum atomic E-state index is 12.8. The van der Waals surface area contributed by atoms with Gasteiger partial charge in [0.05, 0.1) is 16.7 Å². The largest absolute Gasteiger partial charge is 0.317 e. The first-order chi connectivity index (χ1) is 12.4. The Morgan fingerprint density at radius 1 is 1.23 bits per heavy atom. The molecule has 1 aromatic heterocycles. The predicted molar refractivity (Wildman–Crippen MR) is 95.2 cm³/mol. The summed E-state index contributed by atoms with van der Waals surface area (Å²) < 4.78 is 31.0. The molecule has 0 radical (unpaired) electrons. The fraction of sp³-hybridized carbons (Fsp3) is 0.353. The summed E-state index contributed by atoms with van der Waals surface area (Å²) in [4.78, 5) is 14.3. The lowest BCUT2D eigenvalue weighted by Gasteiger charge is -2.23. The molecule has 1 saturated heterocycles. The third-order valence-electron chi connectivity index (χ3n) is 4.19. The fourth-order valence-corrected chi connectivity index (χ4v) is 4.16. The monoisotopic (exact) mass is 377 g/mol. The number of benzene rings is 1. The van der Waals surface area contributed by atoms with Gasteiger partial charge in [-0.25, -0.2) is 4.98 Å². The minimum atomic E-state index is -3.98. The molecule has 0 aliphatic carbocycles. The molecular weight excluding hydrogens is 358 g/mol. The van der Waals surface area contributed by atoms with Crippen LogP contribution >= 0.6 is 0 Å². The summed E-state index contributed by atoms with van der Waals surface area (Å²) in [7, 11) is -3.98. The van der Waals surface area contributed by atoms with Gasteiger partial charge in [0.15, 0.2) is 0 Å². The van der Waals surface area contributed by atoms with Crippen molar-refractivity contribution in [3.05, 3.63) is 52.2 Å². The molecular formula is C17H19N3O5S. The summed E-state index contributed by atoms with van der Waals surface area (Å²) in [5, 5.41) is 14.0. The van der Waals surface area contributed by atoms with Crippen molar-refractivity contribution >= 4 is 15.8 Å². The number of nitro groups is 1. The van der Waals surface area contributed by atoms with Crippen molar-refractivity contribution in [1.29, 1.82) is 0 Å². The number of rotatable bonds is 5. The van der Waals surface area contributed by atoms with E-state index in [0.29, 0.717) is 37.2 Å². The van der Waals surface area contributed by atoms with Crippen molar-refractivity contribution in [2.24, 2.45) is 0 Å². The van der Waals surface area contributed by atoms with Gasteiger partial charge >= 0.3 is 0 Å². The SMILES string of the molecule is Cc1ccc(S(=O)(=O)OC2CCNCC2)c(-c2ccc([N+](=O)[O-])cn2)c1. The lowest BCUT2D eigenvalue weighted by atomic mass is 10.1. The summed E-state index contributed by atoms with van der Waals surface area (Å²) in [6.07, 6.45) is 1.99. The maximum absolute atomic E-state index is 12.8. The zero-order valence-electron chi connectivity index (χ0n) is 14.2. The molecule has 0 amide bonds.